The predicted octanol–water partition coefficient (Wildman–Crippen LogP) is 3.18. The van der Waals surface area contributed by atoms with E-state index in [1.807, 2.05) is 43.7 Å². The zero-order valence-electron chi connectivity index (χ0n) is 17.5. The first-order valence-corrected chi connectivity index (χ1v) is 10.3. The van der Waals surface area contributed by atoms with Crippen molar-refractivity contribution in [3.05, 3.63) is 47.4 Å². The molecule has 0 aliphatic carbocycles. The van der Waals surface area contributed by atoms with Crippen LogP contribution in [0.25, 0.3) is 11.4 Å². The van der Waals surface area contributed by atoms with Crippen molar-refractivity contribution in [2.75, 3.05) is 13.2 Å². The van der Waals surface area contributed by atoms with E-state index in [1.54, 1.807) is 6.20 Å². The maximum Gasteiger partial charge on any atom is 0.270 e. The Balaban J connectivity index is 1.53. The third-order valence-corrected chi connectivity index (χ3v) is 5.24. The first-order chi connectivity index (χ1) is 14.5. The number of hydrogen-bond donors (Lipinski definition) is 1. The molecule has 30 heavy (non-hydrogen) atoms. The van der Waals surface area contributed by atoms with E-state index in [4.69, 9.17) is 9.26 Å². The summed E-state index contributed by atoms with van der Waals surface area (Å²) in [6, 6.07) is 5.31. The molecule has 3 aromatic rings. The van der Waals surface area contributed by atoms with Crippen molar-refractivity contribution in [3.63, 3.8) is 0 Å². The molecule has 3 aromatic heterocycles. The number of aromatic nitrogens is 5. The summed E-state index contributed by atoms with van der Waals surface area (Å²) < 4.78 is 12.7. The molecule has 4 rings (SSSR count). The minimum absolute atomic E-state index is 0.165. The van der Waals surface area contributed by atoms with Crippen molar-refractivity contribution in [1.29, 1.82) is 0 Å². The van der Waals surface area contributed by atoms with Gasteiger partial charge >= 0.3 is 0 Å². The van der Waals surface area contributed by atoms with Gasteiger partial charge in [-0.3, -0.25) is 14.5 Å². The molecule has 0 radical (unpaired) electrons. The van der Waals surface area contributed by atoms with Crippen LogP contribution in [0.3, 0.4) is 0 Å². The fourth-order valence-electron chi connectivity index (χ4n) is 3.64. The van der Waals surface area contributed by atoms with Crippen LogP contribution in [0.15, 0.2) is 28.9 Å². The van der Waals surface area contributed by atoms with Gasteiger partial charge in [0.25, 0.3) is 5.91 Å². The quantitative estimate of drug-likeness (QED) is 0.665. The SMILES string of the molecule is CC[C@H](NC(=O)c1cc(C)nn1C1CCOCC1)c1nc(-c2ccnc(C)c2)no1. The van der Waals surface area contributed by atoms with Crippen molar-refractivity contribution < 1.29 is 14.1 Å². The van der Waals surface area contributed by atoms with E-state index in [0.29, 0.717) is 37.0 Å². The highest BCUT2D eigenvalue weighted by Crippen LogP contribution is 2.24. The van der Waals surface area contributed by atoms with Gasteiger partial charge in [-0.2, -0.15) is 10.1 Å². The van der Waals surface area contributed by atoms with Crippen molar-refractivity contribution in [1.82, 2.24) is 30.2 Å². The van der Waals surface area contributed by atoms with Gasteiger partial charge in [-0.1, -0.05) is 12.1 Å². The van der Waals surface area contributed by atoms with Crippen molar-refractivity contribution in [2.24, 2.45) is 0 Å². The summed E-state index contributed by atoms with van der Waals surface area (Å²) in [6.07, 6.45) is 4.01. The number of aryl methyl sites for hydroxylation is 2. The number of carbonyl (C=O) groups excluding carboxylic acids is 1. The smallest absolute Gasteiger partial charge is 0.270 e. The summed E-state index contributed by atoms with van der Waals surface area (Å²) in [6.45, 7) is 7.13. The first-order valence-electron chi connectivity index (χ1n) is 10.3. The molecule has 1 aliphatic heterocycles. The lowest BCUT2D eigenvalue weighted by Gasteiger charge is -2.24. The normalized spacial score (nSPS) is 15.8. The molecule has 1 amide bonds. The topological polar surface area (TPSA) is 108 Å². The van der Waals surface area contributed by atoms with Crippen molar-refractivity contribution >= 4 is 5.91 Å². The zero-order valence-corrected chi connectivity index (χ0v) is 17.5. The summed E-state index contributed by atoms with van der Waals surface area (Å²) in [5.74, 6) is 0.656. The Morgan fingerprint density at radius 3 is 2.80 bits per heavy atom. The van der Waals surface area contributed by atoms with Crippen LogP contribution >= 0.6 is 0 Å². The molecule has 1 N–H and O–H groups in total. The Morgan fingerprint density at radius 2 is 2.07 bits per heavy atom. The Bertz CT molecular complexity index is 1020. The molecule has 158 valence electrons. The van der Waals surface area contributed by atoms with E-state index in [-0.39, 0.29) is 18.0 Å². The molecule has 4 heterocycles. The van der Waals surface area contributed by atoms with E-state index in [9.17, 15) is 4.79 Å². The molecule has 1 aliphatic rings. The van der Waals surface area contributed by atoms with Gasteiger partial charge in [0, 0.05) is 30.7 Å². The second kappa shape index (κ2) is 8.74. The minimum Gasteiger partial charge on any atom is -0.381 e. The van der Waals surface area contributed by atoms with E-state index >= 15 is 0 Å². The van der Waals surface area contributed by atoms with Gasteiger partial charge in [-0.15, -0.1) is 0 Å². The Hall–Kier alpha value is -3.07. The minimum atomic E-state index is -0.389. The van der Waals surface area contributed by atoms with Gasteiger partial charge in [0.2, 0.25) is 11.7 Å². The second-order valence-electron chi connectivity index (χ2n) is 7.54. The van der Waals surface area contributed by atoms with Gasteiger partial charge in [0.05, 0.1) is 11.7 Å². The van der Waals surface area contributed by atoms with Crippen LogP contribution < -0.4 is 5.32 Å². The third-order valence-electron chi connectivity index (χ3n) is 5.24. The lowest BCUT2D eigenvalue weighted by atomic mass is 10.1. The fraction of sp³-hybridized carbons (Fsp3) is 0.476. The van der Waals surface area contributed by atoms with Crippen molar-refractivity contribution in [3.8, 4) is 11.4 Å². The van der Waals surface area contributed by atoms with Gasteiger partial charge in [0.15, 0.2) is 0 Å². The fourth-order valence-corrected chi connectivity index (χ4v) is 3.64. The summed E-state index contributed by atoms with van der Waals surface area (Å²) in [4.78, 5) is 21.8. The maximum absolute atomic E-state index is 13.1. The second-order valence-corrected chi connectivity index (χ2v) is 7.54. The van der Waals surface area contributed by atoms with E-state index < -0.39 is 0 Å². The molecule has 0 bridgehead atoms. The van der Waals surface area contributed by atoms with Crippen LogP contribution in [0.5, 0.6) is 0 Å². The zero-order chi connectivity index (χ0) is 21.1. The number of pyridine rings is 1. The standard InChI is InChI=1S/C21H26N6O3/c1-4-17(21-24-19(26-30-21)15-5-8-22-13(2)11-15)23-20(28)18-12-14(3)25-27(18)16-6-9-29-10-7-16/h5,8,11-12,16-17H,4,6-7,9-10H2,1-3H3,(H,23,28)/t17-/m0/s1. The maximum atomic E-state index is 13.1. The van der Waals surface area contributed by atoms with Crippen LogP contribution in [-0.2, 0) is 4.74 Å². The largest absolute Gasteiger partial charge is 0.381 e. The summed E-state index contributed by atoms with van der Waals surface area (Å²) in [5, 5.41) is 11.7. The molecular weight excluding hydrogens is 384 g/mol. The summed E-state index contributed by atoms with van der Waals surface area (Å²) in [5.41, 5.74) is 3.05. The molecular formula is C21H26N6O3. The molecule has 9 heteroatoms. The number of carbonyl (C=O) groups is 1. The highest BCUT2D eigenvalue weighted by Gasteiger charge is 2.26. The molecule has 1 saturated heterocycles. The highest BCUT2D eigenvalue weighted by molar-refractivity contribution is 5.93. The first kappa shape index (κ1) is 20.2. The number of amides is 1. The molecule has 1 fully saturated rings. The Morgan fingerprint density at radius 1 is 1.27 bits per heavy atom. The van der Waals surface area contributed by atoms with E-state index in [0.717, 1.165) is 29.8 Å². The van der Waals surface area contributed by atoms with Gasteiger partial charge in [-0.05, 0) is 51.3 Å². The van der Waals surface area contributed by atoms with Crippen molar-refractivity contribution in [2.45, 2.75) is 52.1 Å². The Kier molecular flexibility index (Phi) is 5.89. The molecule has 0 spiro atoms. The van der Waals surface area contributed by atoms with Gasteiger partial charge in [0.1, 0.15) is 11.7 Å². The van der Waals surface area contributed by atoms with Gasteiger partial charge < -0.3 is 14.6 Å². The number of hydrogen-bond acceptors (Lipinski definition) is 7. The van der Waals surface area contributed by atoms with Crippen LogP contribution in [0.2, 0.25) is 0 Å². The number of ether oxygens (including phenoxy) is 1. The lowest BCUT2D eigenvalue weighted by Crippen LogP contribution is -2.32. The van der Waals surface area contributed by atoms with Crippen LogP contribution in [0.4, 0.5) is 0 Å². The van der Waals surface area contributed by atoms with E-state index in [1.165, 1.54) is 0 Å². The molecule has 1 atom stereocenters. The molecule has 9 nitrogen and oxygen atoms in total. The monoisotopic (exact) mass is 410 g/mol. The third kappa shape index (κ3) is 4.25. The lowest BCUT2D eigenvalue weighted by molar-refractivity contribution is 0.0639. The van der Waals surface area contributed by atoms with Crippen LogP contribution in [0, 0.1) is 13.8 Å². The summed E-state index contributed by atoms with van der Waals surface area (Å²) >= 11 is 0. The van der Waals surface area contributed by atoms with Gasteiger partial charge in [-0.25, -0.2) is 0 Å². The number of nitrogens with one attached hydrogen (secondary N) is 1. The number of nitrogens with zero attached hydrogens (tertiary/aromatic N) is 5. The number of rotatable bonds is 6. The summed E-state index contributed by atoms with van der Waals surface area (Å²) in [7, 11) is 0. The van der Waals surface area contributed by atoms with Crippen LogP contribution in [-0.4, -0.2) is 44.0 Å². The highest BCUT2D eigenvalue weighted by atomic mass is 16.5. The predicted molar refractivity (Wildman–Crippen MR) is 109 cm³/mol. The molecule has 0 aromatic carbocycles. The average molecular weight is 410 g/mol. The molecule has 0 saturated carbocycles. The van der Waals surface area contributed by atoms with Crippen LogP contribution in [0.1, 0.15) is 66.0 Å². The van der Waals surface area contributed by atoms with E-state index in [2.05, 4.69) is 25.5 Å². The molecule has 0 unspecified atom stereocenters. The Labute approximate surface area is 174 Å². The average Bonchev–Trinajstić information content (AvgIpc) is 3.40.